The van der Waals surface area contributed by atoms with Crippen molar-refractivity contribution in [3.05, 3.63) is 65.0 Å². The van der Waals surface area contributed by atoms with Gasteiger partial charge in [0.05, 0.1) is 6.61 Å². The fourth-order valence-corrected chi connectivity index (χ4v) is 1.93. The van der Waals surface area contributed by atoms with E-state index in [9.17, 15) is 18.0 Å². The Bertz CT molecular complexity index is 667. The smallest absolute Gasteiger partial charge is 0.319 e. The summed E-state index contributed by atoms with van der Waals surface area (Å²) in [5, 5.41) is 13.7. The molecule has 3 N–H and O–H groups in total. The molecule has 23 heavy (non-hydrogen) atoms. The molecule has 2 aromatic rings. The van der Waals surface area contributed by atoms with Crippen LogP contribution < -0.4 is 10.6 Å². The number of nitrogens with one attached hydrogen (secondary N) is 2. The lowest BCUT2D eigenvalue weighted by Crippen LogP contribution is -2.30. The van der Waals surface area contributed by atoms with E-state index in [1.165, 1.54) is 0 Å². The van der Waals surface area contributed by atoms with Crippen LogP contribution in [-0.4, -0.2) is 17.7 Å². The predicted octanol–water partition coefficient (Wildman–Crippen LogP) is 2.96. The topological polar surface area (TPSA) is 61.4 Å². The summed E-state index contributed by atoms with van der Waals surface area (Å²) < 4.78 is 38.8. The van der Waals surface area contributed by atoms with Crippen molar-refractivity contribution >= 4 is 11.7 Å². The van der Waals surface area contributed by atoms with Crippen molar-refractivity contribution in [2.45, 2.75) is 13.0 Å². The van der Waals surface area contributed by atoms with Gasteiger partial charge in [-0.25, -0.2) is 18.0 Å². The third-order valence-electron chi connectivity index (χ3n) is 3.15. The van der Waals surface area contributed by atoms with E-state index in [2.05, 4.69) is 10.6 Å². The van der Waals surface area contributed by atoms with Crippen molar-refractivity contribution in [3.8, 4) is 0 Å². The van der Waals surface area contributed by atoms with E-state index in [1.807, 2.05) is 12.1 Å². The molecule has 0 aromatic heterocycles. The third-order valence-corrected chi connectivity index (χ3v) is 3.15. The number of aliphatic hydroxyl groups is 1. The highest BCUT2D eigenvalue weighted by Crippen LogP contribution is 2.17. The molecule has 0 heterocycles. The minimum atomic E-state index is -1.58. The molecule has 7 heteroatoms. The minimum Gasteiger partial charge on any atom is -0.392 e. The molecule has 0 saturated carbocycles. The summed E-state index contributed by atoms with van der Waals surface area (Å²) in [5.74, 6) is -4.32. The first kappa shape index (κ1) is 16.8. The van der Waals surface area contributed by atoms with Crippen LogP contribution in [0.25, 0.3) is 0 Å². The molecule has 2 aromatic carbocycles. The van der Waals surface area contributed by atoms with Crippen molar-refractivity contribution in [1.29, 1.82) is 0 Å². The Balaban J connectivity index is 1.83. The van der Waals surface area contributed by atoms with E-state index in [0.29, 0.717) is 25.1 Å². The van der Waals surface area contributed by atoms with E-state index >= 15 is 0 Å². The number of aliphatic hydroxyl groups excluding tert-OH is 1. The first-order valence-corrected chi connectivity index (χ1v) is 6.87. The highest BCUT2D eigenvalue weighted by atomic mass is 19.2. The second-order valence-electron chi connectivity index (χ2n) is 4.86. The van der Waals surface area contributed by atoms with Gasteiger partial charge in [0.25, 0.3) is 0 Å². The molecule has 0 aliphatic rings. The van der Waals surface area contributed by atoms with E-state index in [4.69, 9.17) is 5.11 Å². The van der Waals surface area contributed by atoms with Gasteiger partial charge in [-0.15, -0.1) is 0 Å². The third kappa shape index (κ3) is 4.72. The van der Waals surface area contributed by atoms with Crippen molar-refractivity contribution < 1.29 is 23.1 Å². The molecule has 0 atom stereocenters. The molecule has 0 saturated heterocycles. The van der Waals surface area contributed by atoms with Crippen LogP contribution in [0.3, 0.4) is 0 Å². The van der Waals surface area contributed by atoms with Crippen LogP contribution in [0.2, 0.25) is 0 Å². The van der Waals surface area contributed by atoms with Gasteiger partial charge < -0.3 is 15.7 Å². The summed E-state index contributed by atoms with van der Waals surface area (Å²) >= 11 is 0. The highest BCUT2D eigenvalue weighted by Gasteiger charge is 2.11. The Labute approximate surface area is 131 Å². The average Bonchev–Trinajstić information content (AvgIpc) is 2.53. The molecule has 0 bridgehead atoms. The molecular weight excluding hydrogens is 309 g/mol. The maximum absolute atomic E-state index is 13.0. The molecule has 2 rings (SSSR count). The normalized spacial score (nSPS) is 10.4. The van der Waals surface area contributed by atoms with Gasteiger partial charge in [0.15, 0.2) is 17.5 Å². The number of carbonyl (C=O) groups is 1. The Morgan fingerprint density at radius 2 is 1.57 bits per heavy atom. The number of urea groups is 1. The van der Waals surface area contributed by atoms with Crippen molar-refractivity contribution in [2.75, 3.05) is 11.9 Å². The Hall–Kier alpha value is -2.54. The Morgan fingerprint density at radius 1 is 1.00 bits per heavy atom. The number of amides is 2. The van der Waals surface area contributed by atoms with E-state index < -0.39 is 23.5 Å². The molecule has 0 fully saturated rings. The molecule has 0 spiro atoms. The zero-order chi connectivity index (χ0) is 16.8. The number of carbonyl (C=O) groups excluding carboxylic acids is 1. The van der Waals surface area contributed by atoms with Crippen molar-refractivity contribution in [3.63, 3.8) is 0 Å². The predicted molar refractivity (Wildman–Crippen MR) is 79.4 cm³/mol. The van der Waals surface area contributed by atoms with Gasteiger partial charge in [0.1, 0.15) is 0 Å². The first-order valence-electron chi connectivity index (χ1n) is 6.87. The van der Waals surface area contributed by atoms with Gasteiger partial charge in [-0.1, -0.05) is 24.3 Å². The average molecular weight is 324 g/mol. The number of halogens is 3. The van der Waals surface area contributed by atoms with Crippen LogP contribution >= 0.6 is 0 Å². The number of rotatable bonds is 5. The molecule has 122 valence electrons. The first-order chi connectivity index (χ1) is 11.0. The lowest BCUT2D eigenvalue weighted by Gasteiger charge is -2.08. The Morgan fingerprint density at radius 3 is 2.13 bits per heavy atom. The largest absolute Gasteiger partial charge is 0.392 e. The van der Waals surface area contributed by atoms with E-state index in [1.54, 1.807) is 12.1 Å². The van der Waals surface area contributed by atoms with Crippen LogP contribution in [0.15, 0.2) is 36.4 Å². The Kier molecular flexibility index (Phi) is 5.59. The molecule has 4 nitrogen and oxygen atoms in total. The summed E-state index contributed by atoms with van der Waals surface area (Å²) in [6.45, 7) is 0.266. The van der Waals surface area contributed by atoms with Gasteiger partial charge >= 0.3 is 6.03 Å². The molecule has 0 radical (unpaired) electrons. The second kappa shape index (κ2) is 7.64. The van der Waals surface area contributed by atoms with Gasteiger partial charge in [-0.3, -0.25) is 0 Å². The van der Waals surface area contributed by atoms with Gasteiger partial charge in [0.2, 0.25) is 0 Å². The lowest BCUT2D eigenvalue weighted by atomic mass is 10.1. The molecule has 0 unspecified atom stereocenters. The number of anilines is 1. The highest BCUT2D eigenvalue weighted by molar-refractivity contribution is 5.89. The van der Waals surface area contributed by atoms with Crippen molar-refractivity contribution in [1.82, 2.24) is 5.32 Å². The number of benzene rings is 2. The minimum absolute atomic E-state index is 0.0360. The standard InChI is InChI=1S/C16H15F3N2O2/c17-13-7-12(8-14(18)15(13)19)21-16(23)20-6-5-10-1-3-11(9-22)4-2-10/h1-4,7-8,22H,5-6,9H2,(H2,20,21,23). The quantitative estimate of drug-likeness (QED) is 0.741. The van der Waals surface area contributed by atoms with Crippen LogP contribution in [0.4, 0.5) is 23.7 Å². The van der Waals surface area contributed by atoms with Crippen LogP contribution in [0.1, 0.15) is 11.1 Å². The number of hydrogen-bond donors (Lipinski definition) is 3. The van der Waals surface area contributed by atoms with Crippen molar-refractivity contribution in [2.24, 2.45) is 0 Å². The SMILES string of the molecule is O=C(NCCc1ccc(CO)cc1)Nc1cc(F)c(F)c(F)c1. The lowest BCUT2D eigenvalue weighted by molar-refractivity contribution is 0.252. The molecule has 0 aliphatic heterocycles. The summed E-state index contributed by atoms with van der Waals surface area (Å²) in [4.78, 5) is 11.6. The fourth-order valence-electron chi connectivity index (χ4n) is 1.93. The monoisotopic (exact) mass is 324 g/mol. The summed E-state index contributed by atoms with van der Waals surface area (Å²) in [7, 11) is 0. The van der Waals surface area contributed by atoms with Crippen LogP contribution in [0.5, 0.6) is 0 Å². The second-order valence-corrected chi connectivity index (χ2v) is 4.86. The molecular formula is C16H15F3N2O2. The molecule has 0 aliphatic carbocycles. The van der Waals surface area contributed by atoms with E-state index in [0.717, 1.165) is 11.1 Å². The molecule has 2 amide bonds. The number of hydrogen-bond acceptors (Lipinski definition) is 2. The van der Waals surface area contributed by atoms with Gasteiger partial charge in [0, 0.05) is 24.4 Å². The van der Waals surface area contributed by atoms with Gasteiger partial charge in [-0.2, -0.15) is 0 Å². The zero-order valence-electron chi connectivity index (χ0n) is 12.1. The fraction of sp³-hybridized carbons (Fsp3) is 0.188. The zero-order valence-corrected chi connectivity index (χ0v) is 12.1. The van der Waals surface area contributed by atoms with Crippen LogP contribution in [0, 0.1) is 17.5 Å². The summed E-state index contributed by atoms with van der Waals surface area (Å²) in [6, 6.07) is 7.96. The summed E-state index contributed by atoms with van der Waals surface area (Å²) in [5.41, 5.74) is 1.58. The maximum Gasteiger partial charge on any atom is 0.319 e. The summed E-state index contributed by atoms with van der Waals surface area (Å²) in [6.07, 6.45) is 0.547. The van der Waals surface area contributed by atoms with Crippen LogP contribution in [-0.2, 0) is 13.0 Å². The van der Waals surface area contributed by atoms with E-state index in [-0.39, 0.29) is 12.3 Å². The van der Waals surface area contributed by atoms with Gasteiger partial charge in [-0.05, 0) is 17.5 Å². The maximum atomic E-state index is 13.0.